The molecule has 2 N–H and O–H groups in total. The van der Waals surface area contributed by atoms with Crippen LogP contribution in [-0.2, 0) is 4.79 Å². The van der Waals surface area contributed by atoms with Crippen LogP contribution in [0.1, 0.15) is 20.3 Å². The first-order chi connectivity index (χ1) is 9.06. The van der Waals surface area contributed by atoms with E-state index in [1.54, 1.807) is 0 Å². The maximum absolute atomic E-state index is 12.6. The summed E-state index contributed by atoms with van der Waals surface area (Å²) in [6.45, 7) is 5.65. The van der Waals surface area contributed by atoms with Crippen LogP contribution in [0, 0.1) is 5.92 Å². The lowest BCUT2D eigenvalue weighted by atomic mass is 9.98. The van der Waals surface area contributed by atoms with Crippen LogP contribution in [0.3, 0.4) is 0 Å². The standard InChI is InChI=1S/C15H23N3O/c1-4-11(2)14(16)15(19)18-10-9-17(3)12-7-5-6-8-13(12)18/h5-8,11,14H,4,9-10,16H2,1-3H3/t11-,14-/m0/s1. The lowest BCUT2D eigenvalue weighted by molar-refractivity contribution is -0.120. The second-order valence-corrected chi connectivity index (χ2v) is 5.31. The molecule has 1 aliphatic rings. The number of nitrogens with zero attached hydrogens (tertiary/aromatic N) is 2. The molecular weight excluding hydrogens is 238 g/mol. The number of likely N-dealkylation sites (N-methyl/N-ethyl adjacent to an activating group) is 1. The Morgan fingerprint density at radius 2 is 1.95 bits per heavy atom. The van der Waals surface area contributed by atoms with Gasteiger partial charge in [0.1, 0.15) is 0 Å². The number of hydrogen-bond acceptors (Lipinski definition) is 3. The first-order valence-corrected chi connectivity index (χ1v) is 6.93. The predicted molar refractivity (Wildman–Crippen MR) is 79.5 cm³/mol. The Morgan fingerprint density at radius 1 is 1.32 bits per heavy atom. The summed E-state index contributed by atoms with van der Waals surface area (Å²) >= 11 is 0. The summed E-state index contributed by atoms with van der Waals surface area (Å²) in [6.07, 6.45) is 0.919. The molecule has 1 heterocycles. The quantitative estimate of drug-likeness (QED) is 0.903. The molecule has 2 atom stereocenters. The molecule has 0 radical (unpaired) electrons. The SMILES string of the molecule is CC[C@H](C)[C@H](N)C(=O)N1CCN(C)c2ccccc21. The van der Waals surface area contributed by atoms with Gasteiger partial charge in [0.2, 0.25) is 5.91 Å². The maximum Gasteiger partial charge on any atom is 0.244 e. The third-order valence-corrected chi connectivity index (χ3v) is 4.05. The van der Waals surface area contributed by atoms with Crippen LogP contribution in [0.25, 0.3) is 0 Å². The lowest BCUT2D eigenvalue weighted by Crippen LogP contribution is -2.51. The van der Waals surface area contributed by atoms with Crippen molar-refractivity contribution in [2.75, 3.05) is 29.9 Å². The van der Waals surface area contributed by atoms with Crippen LogP contribution in [-0.4, -0.2) is 32.1 Å². The Morgan fingerprint density at radius 3 is 2.58 bits per heavy atom. The minimum Gasteiger partial charge on any atom is -0.371 e. The van der Waals surface area contributed by atoms with Crippen LogP contribution in [0.2, 0.25) is 0 Å². The Balaban J connectivity index is 2.27. The molecule has 4 heteroatoms. The number of hydrogen-bond donors (Lipinski definition) is 1. The maximum atomic E-state index is 12.6. The number of amides is 1. The van der Waals surface area contributed by atoms with E-state index >= 15 is 0 Å². The topological polar surface area (TPSA) is 49.6 Å². The lowest BCUT2D eigenvalue weighted by Gasteiger charge is -2.37. The van der Waals surface area contributed by atoms with Crippen LogP contribution < -0.4 is 15.5 Å². The molecule has 19 heavy (non-hydrogen) atoms. The van der Waals surface area contributed by atoms with Gasteiger partial charge >= 0.3 is 0 Å². The van der Waals surface area contributed by atoms with E-state index in [0.717, 1.165) is 24.3 Å². The first kappa shape index (κ1) is 13.9. The number of para-hydroxylation sites is 2. The molecule has 2 rings (SSSR count). The summed E-state index contributed by atoms with van der Waals surface area (Å²) in [5.41, 5.74) is 8.16. The second-order valence-electron chi connectivity index (χ2n) is 5.31. The van der Waals surface area contributed by atoms with Crippen molar-refractivity contribution in [3.05, 3.63) is 24.3 Å². The van der Waals surface area contributed by atoms with Gasteiger partial charge in [-0.3, -0.25) is 4.79 Å². The van der Waals surface area contributed by atoms with E-state index in [1.807, 2.05) is 36.1 Å². The zero-order valence-corrected chi connectivity index (χ0v) is 12.0. The van der Waals surface area contributed by atoms with E-state index in [0.29, 0.717) is 6.54 Å². The summed E-state index contributed by atoms with van der Waals surface area (Å²) in [5.74, 6) is 0.245. The zero-order valence-electron chi connectivity index (χ0n) is 12.0. The molecule has 0 fully saturated rings. The molecule has 0 unspecified atom stereocenters. The summed E-state index contributed by atoms with van der Waals surface area (Å²) in [6, 6.07) is 7.59. The van der Waals surface area contributed by atoms with Gasteiger partial charge < -0.3 is 15.5 Å². The van der Waals surface area contributed by atoms with Gasteiger partial charge in [0.15, 0.2) is 0 Å². The molecule has 1 aliphatic heterocycles. The molecule has 1 amide bonds. The molecule has 0 bridgehead atoms. The van der Waals surface area contributed by atoms with Crippen molar-refractivity contribution in [2.24, 2.45) is 11.7 Å². The fourth-order valence-electron chi connectivity index (χ4n) is 2.41. The monoisotopic (exact) mass is 261 g/mol. The van der Waals surface area contributed by atoms with Gasteiger partial charge in [-0.2, -0.15) is 0 Å². The van der Waals surface area contributed by atoms with Crippen molar-refractivity contribution in [2.45, 2.75) is 26.3 Å². The molecule has 4 nitrogen and oxygen atoms in total. The molecule has 0 spiro atoms. The Labute approximate surface area is 115 Å². The summed E-state index contributed by atoms with van der Waals surface area (Å²) in [5, 5.41) is 0. The number of nitrogens with two attached hydrogens (primary N) is 1. The van der Waals surface area contributed by atoms with Crippen molar-refractivity contribution < 1.29 is 4.79 Å². The Bertz CT molecular complexity index is 460. The van der Waals surface area contributed by atoms with Crippen LogP contribution >= 0.6 is 0 Å². The average Bonchev–Trinajstić information content (AvgIpc) is 2.45. The summed E-state index contributed by atoms with van der Waals surface area (Å²) in [7, 11) is 2.05. The second kappa shape index (κ2) is 5.61. The number of benzene rings is 1. The number of rotatable bonds is 3. The van der Waals surface area contributed by atoms with Gasteiger partial charge in [-0.25, -0.2) is 0 Å². The van der Waals surface area contributed by atoms with E-state index in [1.165, 1.54) is 0 Å². The highest BCUT2D eigenvalue weighted by Gasteiger charge is 2.30. The predicted octanol–water partition coefficient (Wildman–Crippen LogP) is 1.84. The molecule has 1 aromatic rings. The minimum absolute atomic E-state index is 0.0369. The minimum atomic E-state index is -0.415. The zero-order chi connectivity index (χ0) is 14.0. The van der Waals surface area contributed by atoms with Crippen molar-refractivity contribution in [3.8, 4) is 0 Å². The number of carbonyl (C=O) groups is 1. The number of anilines is 2. The Hall–Kier alpha value is -1.55. The van der Waals surface area contributed by atoms with Gasteiger partial charge in [-0.15, -0.1) is 0 Å². The van der Waals surface area contributed by atoms with E-state index in [2.05, 4.69) is 18.9 Å². The largest absolute Gasteiger partial charge is 0.371 e. The third-order valence-electron chi connectivity index (χ3n) is 4.05. The number of fused-ring (bicyclic) bond motifs is 1. The van der Waals surface area contributed by atoms with Gasteiger partial charge in [0.25, 0.3) is 0 Å². The van der Waals surface area contributed by atoms with Crippen LogP contribution in [0.4, 0.5) is 11.4 Å². The molecule has 104 valence electrons. The van der Waals surface area contributed by atoms with E-state index in [-0.39, 0.29) is 11.8 Å². The van der Waals surface area contributed by atoms with Crippen LogP contribution in [0.5, 0.6) is 0 Å². The molecular formula is C15H23N3O. The van der Waals surface area contributed by atoms with E-state index in [9.17, 15) is 4.79 Å². The van der Waals surface area contributed by atoms with Gasteiger partial charge in [-0.05, 0) is 18.1 Å². The molecule has 0 saturated heterocycles. The highest BCUT2D eigenvalue weighted by atomic mass is 16.2. The van der Waals surface area contributed by atoms with Crippen molar-refractivity contribution in [3.63, 3.8) is 0 Å². The van der Waals surface area contributed by atoms with Gasteiger partial charge in [0, 0.05) is 20.1 Å². The highest BCUT2D eigenvalue weighted by Crippen LogP contribution is 2.32. The fraction of sp³-hybridized carbons (Fsp3) is 0.533. The van der Waals surface area contributed by atoms with Crippen molar-refractivity contribution in [1.29, 1.82) is 0 Å². The van der Waals surface area contributed by atoms with Gasteiger partial charge in [-0.1, -0.05) is 32.4 Å². The van der Waals surface area contributed by atoms with Gasteiger partial charge in [0.05, 0.1) is 17.4 Å². The Kier molecular flexibility index (Phi) is 4.10. The normalized spacial score (nSPS) is 17.9. The summed E-state index contributed by atoms with van der Waals surface area (Å²) in [4.78, 5) is 16.6. The fourth-order valence-corrected chi connectivity index (χ4v) is 2.41. The van der Waals surface area contributed by atoms with E-state index in [4.69, 9.17) is 5.73 Å². The highest BCUT2D eigenvalue weighted by molar-refractivity contribution is 6.00. The average molecular weight is 261 g/mol. The van der Waals surface area contributed by atoms with Crippen molar-refractivity contribution >= 4 is 17.3 Å². The molecule has 1 aromatic carbocycles. The number of carbonyl (C=O) groups excluding carboxylic acids is 1. The molecule has 0 aliphatic carbocycles. The summed E-state index contributed by atoms with van der Waals surface area (Å²) < 4.78 is 0. The van der Waals surface area contributed by atoms with Crippen LogP contribution in [0.15, 0.2) is 24.3 Å². The van der Waals surface area contributed by atoms with Crippen molar-refractivity contribution in [1.82, 2.24) is 0 Å². The molecule has 0 aromatic heterocycles. The van der Waals surface area contributed by atoms with E-state index < -0.39 is 6.04 Å². The third kappa shape index (κ3) is 2.59. The molecule has 0 saturated carbocycles. The smallest absolute Gasteiger partial charge is 0.244 e. The first-order valence-electron chi connectivity index (χ1n) is 6.93.